The van der Waals surface area contributed by atoms with E-state index in [4.69, 9.17) is 0 Å². The molecule has 0 spiro atoms. The van der Waals surface area contributed by atoms with Crippen LogP contribution in [0.4, 0.5) is 42.9 Å². The molecular weight excluding hydrogens is 955 g/mol. The van der Waals surface area contributed by atoms with Gasteiger partial charge >= 0.3 is 0 Å². The van der Waals surface area contributed by atoms with Crippen LogP contribution in [0.1, 0.15) is 72.2 Å². The van der Waals surface area contributed by atoms with Crippen molar-refractivity contribution in [2.75, 3.05) is 9.80 Å². The van der Waals surface area contributed by atoms with Crippen LogP contribution >= 0.6 is 0 Å². The number of nitrogens with zero attached hydrogens (tertiary/aromatic N) is 2. The molecule has 2 nitrogen and oxygen atoms in total. The van der Waals surface area contributed by atoms with Crippen LogP contribution in [0.5, 0.6) is 0 Å². The van der Waals surface area contributed by atoms with Gasteiger partial charge in [0.1, 0.15) is 11.6 Å². The Balaban J connectivity index is 1.04. The average molecular weight is 1010 g/mol. The van der Waals surface area contributed by atoms with E-state index >= 15 is 8.78 Å². The van der Waals surface area contributed by atoms with Crippen LogP contribution in [0.2, 0.25) is 0 Å². The van der Waals surface area contributed by atoms with Crippen molar-refractivity contribution in [1.29, 1.82) is 0 Å². The Morgan fingerprint density at radius 3 is 1.06 bits per heavy atom. The minimum absolute atomic E-state index is 0.170. The van der Waals surface area contributed by atoms with E-state index in [1.165, 1.54) is 55.3 Å². The number of rotatable bonds is 8. The second kappa shape index (κ2) is 17.3. The number of aryl methyl sites for hydroxylation is 4. The highest BCUT2D eigenvalue weighted by molar-refractivity contribution is 6.28. The summed E-state index contributed by atoms with van der Waals surface area (Å²) in [6.45, 7) is 18.1. The van der Waals surface area contributed by atoms with Crippen molar-refractivity contribution >= 4 is 66.4 Å². The first-order valence-corrected chi connectivity index (χ1v) is 27.2. The molecule has 78 heavy (non-hydrogen) atoms. The summed E-state index contributed by atoms with van der Waals surface area (Å²) in [6, 6.07) is 72.3. The SMILES string of the molecule is Cc1ccc(-c2ccccc2F)cc1N(c1cc2c(cc1C)C(C)(C)c1ccccc1-2)c1ccc2ccc3c(N(c4cc(-c5ccccc5F)ccc4C)c4cc5c(cc4C)C(C)(C)c4ccccc4-5)ccc4ccc1c2c43. The van der Waals surface area contributed by atoms with Crippen molar-refractivity contribution in [2.24, 2.45) is 0 Å². The van der Waals surface area contributed by atoms with E-state index in [0.717, 1.165) is 89.0 Å². The molecule has 12 aromatic rings. The van der Waals surface area contributed by atoms with E-state index in [-0.39, 0.29) is 22.5 Å². The van der Waals surface area contributed by atoms with E-state index < -0.39 is 0 Å². The van der Waals surface area contributed by atoms with Gasteiger partial charge in [-0.2, -0.15) is 0 Å². The van der Waals surface area contributed by atoms with Gasteiger partial charge in [-0.3, -0.25) is 0 Å². The molecule has 0 bridgehead atoms. The van der Waals surface area contributed by atoms with Crippen molar-refractivity contribution in [3.63, 3.8) is 0 Å². The number of halogens is 2. The minimum atomic E-state index is -0.253. The van der Waals surface area contributed by atoms with Gasteiger partial charge in [-0.05, 0) is 176 Å². The van der Waals surface area contributed by atoms with Crippen LogP contribution in [-0.2, 0) is 10.8 Å². The normalized spacial score (nSPS) is 13.7. The third kappa shape index (κ3) is 6.98. The molecule has 378 valence electrons. The van der Waals surface area contributed by atoms with Crippen LogP contribution in [-0.4, -0.2) is 0 Å². The van der Waals surface area contributed by atoms with Gasteiger partial charge in [-0.1, -0.05) is 185 Å². The predicted molar refractivity (Wildman–Crippen MR) is 324 cm³/mol. The Labute approximate surface area is 455 Å². The van der Waals surface area contributed by atoms with Gasteiger partial charge in [0.05, 0.1) is 11.4 Å². The first-order chi connectivity index (χ1) is 37.7. The van der Waals surface area contributed by atoms with E-state index in [2.05, 4.69) is 211 Å². The monoisotopic (exact) mass is 1010 g/mol. The number of fused-ring (bicyclic) bond motifs is 6. The molecule has 2 aliphatic rings. The maximum Gasteiger partial charge on any atom is 0.131 e. The van der Waals surface area contributed by atoms with Gasteiger partial charge < -0.3 is 9.80 Å². The van der Waals surface area contributed by atoms with Crippen LogP contribution in [0, 0.1) is 39.3 Å². The molecule has 2 aliphatic carbocycles. The summed E-state index contributed by atoms with van der Waals surface area (Å²) in [5.74, 6) is -0.506. The number of anilines is 6. The van der Waals surface area contributed by atoms with Crippen molar-refractivity contribution in [1.82, 2.24) is 0 Å². The molecule has 4 heteroatoms. The third-order valence-corrected chi connectivity index (χ3v) is 17.7. The molecular formula is C74H58F2N2. The quantitative estimate of drug-likeness (QED) is 0.140. The van der Waals surface area contributed by atoms with Crippen LogP contribution in [0.3, 0.4) is 0 Å². The Morgan fingerprint density at radius 1 is 0.295 bits per heavy atom. The van der Waals surface area contributed by atoms with E-state index in [1.54, 1.807) is 24.3 Å². The Bertz CT molecular complexity index is 4200. The number of hydrogen-bond donors (Lipinski definition) is 0. The molecule has 0 aromatic heterocycles. The summed E-state index contributed by atoms with van der Waals surface area (Å²) in [7, 11) is 0. The third-order valence-electron chi connectivity index (χ3n) is 17.7. The Kier molecular flexibility index (Phi) is 10.6. The summed E-state index contributed by atoms with van der Waals surface area (Å²) in [4.78, 5) is 4.88. The summed E-state index contributed by atoms with van der Waals surface area (Å²) in [5, 5.41) is 6.83. The van der Waals surface area contributed by atoms with E-state index in [0.29, 0.717) is 11.1 Å². The molecule has 12 aromatic carbocycles. The van der Waals surface area contributed by atoms with Gasteiger partial charge in [-0.25, -0.2) is 8.78 Å². The summed E-state index contributed by atoms with van der Waals surface area (Å²) >= 11 is 0. The zero-order valence-corrected chi connectivity index (χ0v) is 45.3. The first kappa shape index (κ1) is 47.6. The fourth-order valence-corrected chi connectivity index (χ4v) is 13.5. The van der Waals surface area contributed by atoms with Crippen molar-refractivity contribution < 1.29 is 8.78 Å². The number of benzene rings is 12. The van der Waals surface area contributed by atoms with Gasteiger partial charge in [0.2, 0.25) is 0 Å². The molecule has 0 unspecified atom stereocenters. The second-order valence-electron chi connectivity index (χ2n) is 22.9. The molecule has 0 atom stereocenters. The molecule has 0 saturated carbocycles. The van der Waals surface area contributed by atoms with Crippen LogP contribution < -0.4 is 9.80 Å². The Hall–Kier alpha value is -8.86. The minimum Gasteiger partial charge on any atom is -0.309 e. The smallest absolute Gasteiger partial charge is 0.131 e. The molecule has 0 saturated heterocycles. The number of hydrogen-bond acceptors (Lipinski definition) is 2. The van der Waals surface area contributed by atoms with Gasteiger partial charge in [0.15, 0.2) is 0 Å². The molecule has 0 N–H and O–H groups in total. The van der Waals surface area contributed by atoms with Crippen LogP contribution in [0.25, 0.3) is 76.8 Å². The molecule has 0 aliphatic heterocycles. The molecule has 14 rings (SSSR count). The maximum atomic E-state index is 15.8. The molecule has 0 amide bonds. The predicted octanol–water partition coefficient (Wildman–Crippen LogP) is 21.0. The first-order valence-electron chi connectivity index (χ1n) is 27.2. The fraction of sp³-hybridized carbons (Fsp3) is 0.135. The standard InChI is InChI=1S/C74H58F2N2/c1-43-25-27-49(51-17-11-15-23-63(51)75)39-67(43)77(69-41-57-53-19-9-13-21-59(53)73(5,6)61(57)37-45(69)3)65-35-31-47-30-34-56-66(36-32-48-29-33-55(65)71(47)72(48)56)78(68-40-50(28-26-44(68)2)52-18-12-16-24-64(52)76)70-42-58-54-20-10-14-22-60(54)74(7,8)62(58)38-46(70)4/h9-42H,1-8H3. The average Bonchev–Trinajstić information content (AvgIpc) is 3.94. The lowest BCUT2D eigenvalue weighted by atomic mass is 9.82. The van der Waals surface area contributed by atoms with Gasteiger partial charge in [0, 0.05) is 55.5 Å². The topological polar surface area (TPSA) is 6.48 Å². The molecule has 0 radical (unpaired) electrons. The van der Waals surface area contributed by atoms with Crippen molar-refractivity contribution in [2.45, 2.75) is 66.2 Å². The Morgan fingerprint density at radius 2 is 0.654 bits per heavy atom. The highest BCUT2D eigenvalue weighted by atomic mass is 19.1. The largest absolute Gasteiger partial charge is 0.309 e. The van der Waals surface area contributed by atoms with Crippen molar-refractivity contribution in [3.05, 3.63) is 262 Å². The summed E-state index contributed by atoms with van der Waals surface area (Å²) in [6.07, 6.45) is 0. The highest BCUT2D eigenvalue weighted by Crippen LogP contribution is 2.56. The summed E-state index contributed by atoms with van der Waals surface area (Å²) < 4.78 is 31.6. The van der Waals surface area contributed by atoms with Crippen LogP contribution in [0.15, 0.2) is 206 Å². The van der Waals surface area contributed by atoms with E-state index in [1.807, 2.05) is 36.4 Å². The highest BCUT2D eigenvalue weighted by Gasteiger charge is 2.38. The van der Waals surface area contributed by atoms with Crippen molar-refractivity contribution in [3.8, 4) is 44.5 Å². The lowest BCUT2D eigenvalue weighted by Gasteiger charge is -2.33. The van der Waals surface area contributed by atoms with Gasteiger partial charge in [-0.15, -0.1) is 0 Å². The lowest BCUT2D eigenvalue weighted by Crippen LogP contribution is -2.17. The van der Waals surface area contributed by atoms with Gasteiger partial charge in [0.25, 0.3) is 0 Å². The maximum absolute atomic E-state index is 15.8. The zero-order chi connectivity index (χ0) is 53.5. The zero-order valence-electron chi connectivity index (χ0n) is 45.3. The molecule has 0 fully saturated rings. The lowest BCUT2D eigenvalue weighted by molar-refractivity contribution is 0.631. The summed E-state index contributed by atoms with van der Waals surface area (Å²) in [5.41, 5.74) is 23.3. The molecule has 0 heterocycles. The van der Waals surface area contributed by atoms with E-state index in [9.17, 15) is 0 Å². The fourth-order valence-electron chi connectivity index (χ4n) is 13.5. The second-order valence-corrected chi connectivity index (χ2v) is 22.9.